The first kappa shape index (κ1) is 19.0. The molecule has 134 valence electrons. The molecule has 0 amide bonds. The molecule has 0 spiro atoms. The summed E-state index contributed by atoms with van der Waals surface area (Å²) in [5, 5.41) is 22.0. The Labute approximate surface area is 148 Å². The highest BCUT2D eigenvalue weighted by Gasteiger charge is 2.48. The minimum atomic E-state index is -0.746. The number of hydrogen-bond acceptors (Lipinski definition) is 5. The Morgan fingerprint density at radius 2 is 2.04 bits per heavy atom. The molecular weight excluding hydrogens is 332 g/mol. The molecular formula is C17H25ClN2O4. The van der Waals surface area contributed by atoms with Crippen LogP contribution in [0.4, 0.5) is 5.69 Å². The van der Waals surface area contributed by atoms with Gasteiger partial charge in [0.1, 0.15) is 17.5 Å². The average molecular weight is 357 g/mol. The molecule has 1 N–H and O–H groups in total. The Morgan fingerprint density at radius 1 is 1.38 bits per heavy atom. The predicted molar refractivity (Wildman–Crippen MR) is 93.7 cm³/mol. The maximum atomic E-state index is 11.1. The second-order valence-electron chi connectivity index (χ2n) is 7.46. The van der Waals surface area contributed by atoms with Crippen LogP contribution in [0.1, 0.15) is 45.7 Å². The molecule has 0 aromatic heterocycles. The van der Waals surface area contributed by atoms with Gasteiger partial charge in [0.2, 0.25) is 0 Å². The summed E-state index contributed by atoms with van der Waals surface area (Å²) < 4.78 is 5.92. The van der Waals surface area contributed by atoms with E-state index in [2.05, 4.69) is 18.7 Å². The van der Waals surface area contributed by atoms with Crippen LogP contribution in [-0.2, 0) is 0 Å². The van der Waals surface area contributed by atoms with E-state index in [-0.39, 0.29) is 24.1 Å². The number of aliphatic hydroxyl groups is 1. The molecule has 3 rings (SSSR count). The van der Waals surface area contributed by atoms with Crippen LogP contribution >= 0.6 is 12.4 Å². The van der Waals surface area contributed by atoms with Gasteiger partial charge in [-0.3, -0.25) is 15.0 Å². The summed E-state index contributed by atoms with van der Waals surface area (Å²) in [6, 6.07) is 4.70. The molecule has 6 nitrogen and oxygen atoms in total. The van der Waals surface area contributed by atoms with Gasteiger partial charge >= 0.3 is 0 Å². The van der Waals surface area contributed by atoms with Crippen molar-refractivity contribution in [3.05, 3.63) is 33.9 Å². The van der Waals surface area contributed by atoms with Crippen LogP contribution in [0.5, 0.6) is 5.75 Å². The second kappa shape index (κ2) is 6.50. The normalized spacial score (nSPS) is 31.7. The first-order valence-electron chi connectivity index (χ1n) is 8.12. The van der Waals surface area contributed by atoms with Crippen molar-refractivity contribution in [3.8, 4) is 5.75 Å². The molecule has 1 saturated heterocycles. The van der Waals surface area contributed by atoms with E-state index in [0.717, 1.165) is 13.0 Å². The van der Waals surface area contributed by atoms with Gasteiger partial charge in [-0.2, -0.15) is 0 Å². The number of non-ortho nitro benzene ring substituents is 1. The molecule has 1 aromatic carbocycles. The van der Waals surface area contributed by atoms with Crippen molar-refractivity contribution >= 4 is 18.1 Å². The molecule has 2 aliphatic rings. The van der Waals surface area contributed by atoms with Crippen LogP contribution in [0.2, 0.25) is 0 Å². The molecule has 0 aliphatic carbocycles. The van der Waals surface area contributed by atoms with Crippen LogP contribution in [0.25, 0.3) is 0 Å². The third-order valence-corrected chi connectivity index (χ3v) is 5.10. The summed E-state index contributed by atoms with van der Waals surface area (Å²) in [4.78, 5) is 13.0. The number of nitro groups is 1. The third-order valence-electron chi connectivity index (χ3n) is 5.10. The lowest BCUT2D eigenvalue weighted by Gasteiger charge is -2.46. The molecule has 24 heavy (non-hydrogen) atoms. The molecule has 0 saturated carbocycles. The zero-order valence-corrected chi connectivity index (χ0v) is 15.2. The molecule has 4 unspecified atom stereocenters. The number of fused-ring (bicyclic) bond motifs is 1. The lowest BCUT2D eigenvalue weighted by atomic mass is 9.85. The van der Waals surface area contributed by atoms with E-state index in [1.54, 1.807) is 12.1 Å². The smallest absolute Gasteiger partial charge is 0.270 e. The van der Waals surface area contributed by atoms with Gasteiger partial charge < -0.3 is 9.84 Å². The van der Waals surface area contributed by atoms with Gasteiger partial charge in [0.05, 0.1) is 11.0 Å². The van der Waals surface area contributed by atoms with Crippen LogP contribution < -0.4 is 4.74 Å². The topological polar surface area (TPSA) is 75.8 Å². The number of halogens is 1. The van der Waals surface area contributed by atoms with Gasteiger partial charge in [0.25, 0.3) is 5.69 Å². The number of aliphatic hydroxyl groups excluding tert-OH is 1. The quantitative estimate of drug-likeness (QED) is 0.649. The largest absolute Gasteiger partial charge is 0.485 e. The Morgan fingerprint density at radius 3 is 2.58 bits per heavy atom. The summed E-state index contributed by atoms with van der Waals surface area (Å²) in [6.07, 6.45) is 0.319. The maximum Gasteiger partial charge on any atom is 0.270 e. The summed E-state index contributed by atoms with van der Waals surface area (Å²) in [5.41, 5.74) is 0.00966. The van der Waals surface area contributed by atoms with Crippen LogP contribution in [0.15, 0.2) is 18.2 Å². The number of rotatable bonds is 2. The van der Waals surface area contributed by atoms with Gasteiger partial charge in [0, 0.05) is 30.3 Å². The highest BCUT2D eigenvalue weighted by molar-refractivity contribution is 5.85. The van der Waals surface area contributed by atoms with Gasteiger partial charge in [-0.1, -0.05) is 6.92 Å². The third kappa shape index (κ3) is 3.10. The van der Waals surface area contributed by atoms with E-state index < -0.39 is 16.6 Å². The predicted octanol–water partition coefficient (Wildman–Crippen LogP) is 3.32. The zero-order valence-electron chi connectivity index (χ0n) is 14.4. The van der Waals surface area contributed by atoms with Crippen molar-refractivity contribution in [1.82, 2.24) is 4.90 Å². The molecule has 1 fully saturated rings. The zero-order chi connectivity index (χ0) is 16.9. The molecule has 2 heterocycles. The van der Waals surface area contributed by atoms with E-state index in [4.69, 9.17) is 4.74 Å². The highest BCUT2D eigenvalue weighted by Crippen LogP contribution is 2.46. The van der Waals surface area contributed by atoms with Crippen molar-refractivity contribution in [3.63, 3.8) is 0 Å². The minimum Gasteiger partial charge on any atom is -0.485 e. The maximum absolute atomic E-state index is 11.1. The Hall–Kier alpha value is -1.37. The number of nitrogens with zero attached hydrogens (tertiary/aromatic N) is 2. The second-order valence-corrected chi connectivity index (χ2v) is 7.46. The first-order valence-corrected chi connectivity index (χ1v) is 8.12. The number of likely N-dealkylation sites (tertiary alicyclic amines) is 1. The highest BCUT2D eigenvalue weighted by atomic mass is 35.5. The van der Waals surface area contributed by atoms with Crippen molar-refractivity contribution in [2.75, 3.05) is 6.54 Å². The lowest BCUT2D eigenvalue weighted by Crippen LogP contribution is -2.54. The molecule has 4 atom stereocenters. The van der Waals surface area contributed by atoms with E-state index in [0.29, 0.717) is 23.3 Å². The fourth-order valence-corrected chi connectivity index (χ4v) is 3.95. The van der Waals surface area contributed by atoms with Crippen molar-refractivity contribution in [2.24, 2.45) is 5.92 Å². The number of nitro benzene ring substituents is 1. The van der Waals surface area contributed by atoms with Crippen LogP contribution in [-0.4, -0.2) is 39.2 Å². The number of hydrogen-bond donors (Lipinski definition) is 1. The molecule has 2 aliphatic heterocycles. The van der Waals surface area contributed by atoms with Crippen molar-refractivity contribution in [1.29, 1.82) is 0 Å². The Bertz CT molecular complexity index is 637. The fraction of sp³-hybridized carbons (Fsp3) is 0.647. The Kier molecular flexibility index (Phi) is 5.14. The summed E-state index contributed by atoms with van der Waals surface area (Å²) in [6.45, 7) is 8.94. The number of ether oxygens (including phenoxy) is 1. The van der Waals surface area contributed by atoms with Crippen molar-refractivity contribution < 1.29 is 14.8 Å². The van der Waals surface area contributed by atoms with Crippen LogP contribution in [0.3, 0.4) is 0 Å². The van der Waals surface area contributed by atoms with Gasteiger partial charge in [-0.05, 0) is 39.2 Å². The molecule has 0 bridgehead atoms. The first-order chi connectivity index (χ1) is 10.7. The fourth-order valence-electron chi connectivity index (χ4n) is 3.95. The monoisotopic (exact) mass is 356 g/mol. The Balaban J connectivity index is 0.00000208. The molecule has 7 heteroatoms. The van der Waals surface area contributed by atoms with E-state index >= 15 is 0 Å². The van der Waals surface area contributed by atoms with Crippen molar-refractivity contribution in [2.45, 2.75) is 57.9 Å². The van der Waals surface area contributed by atoms with E-state index in [9.17, 15) is 15.2 Å². The van der Waals surface area contributed by atoms with E-state index in [1.165, 1.54) is 6.07 Å². The molecule has 0 radical (unpaired) electrons. The summed E-state index contributed by atoms with van der Waals surface area (Å²) in [7, 11) is 0. The van der Waals surface area contributed by atoms with Crippen LogP contribution in [0, 0.1) is 16.0 Å². The lowest BCUT2D eigenvalue weighted by molar-refractivity contribution is -0.385. The van der Waals surface area contributed by atoms with Gasteiger partial charge in [0.15, 0.2) is 0 Å². The van der Waals surface area contributed by atoms with Gasteiger partial charge in [-0.15, -0.1) is 12.4 Å². The molecule has 1 aromatic rings. The SMILES string of the molecule is CC1CC(C)N(C2c3cc([N+](=O)[O-])ccc3OC(C)(C)C2O)C1.Cl. The average Bonchev–Trinajstić information content (AvgIpc) is 2.78. The van der Waals surface area contributed by atoms with E-state index in [1.807, 2.05) is 13.8 Å². The standard InChI is InChI=1S/C17H24N2O4.ClH/c1-10-7-11(2)18(9-10)15-13-8-12(19(21)22)5-6-14(13)23-17(3,4)16(15)20;/h5-6,8,10-11,15-16,20H,7,9H2,1-4H3;1H. The number of benzene rings is 1. The summed E-state index contributed by atoms with van der Waals surface area (Å²) >= 11 is 0. The minimum absolute atomic E-state index is 0. The van der Waals surface area contributed by atoms with Gasteiger partial charge in [-0.25, -0.2) is 0 Å². The summed E-state index contributed by atoms with van der Waals surface area (Å²) in [5.74, 6) is 1.17.